The molecule has 0 saturated heterocycles. The Labute approximate surface area is 163 Å². The minimum absolute atomic E-state index is 0.181. The minimum Gasteiger partial charge on any atom is -0.299 e. The smallest absolute Gasteiger partial charge is 0.172 e. The highest BCUT2D eigenvalue weighted by molar-refractivity contribution is 5.84. The van der Waals surface area contributed by atoms with E-state index in [9.17, 15) is 4.79 Å². The molecule has 0 fully saturated rings. The Morgan fingerprint density at radius 2 is 1.86 bits per heavy atom. The Morgan fingerprint density at radius 1 is 1.04 bits per heavy atom. The average Bonchev–Trinajstić information content (AvgIpc) is 3.12. The molecule has 3 aromatic heterocycles. The molecule has 0 amide bonds. The second kappa shape index (κ2) is 7.68. The number of carbonyl (C=O) groups is 1. The fourth-order valence-electron chi connectivity index (χ4n) is 3.26. The van der Waals surface area contributed by atoms with Crippen molar-refractivity contribution < 1.29 is 4.79 Å². The van der Waals surface area contributed by atoms with Gasteiger partial charge in [-0.3, -0.25) is 14.8 Å². The summed E-state index contributed by atoms with van der Waals surface area (Å²) in [5, 5.41) is 5.32. The third-order valence-corrected chi connectivity index (χ3v) is 4.78. The van der Waals surface area contributed by atoms with Crippen molar-refractivity contribution >= 4 is 16.7 Å². The first-order valence-electron chi connectivity index (χ1n) is 9.28. The van der Waals surface area contributed by atoms with Crippen LogP contribution in [0.2, 0.25) is 0 Å². The number of Topliss-reactive ketones (excluding diaryl/α,β-unsaturated/α-hetero) is 1. The van der Waals surface area contributed by atoms with E-state index >= 15 is 0 Å². The second-order valence-corrected chi connectivity index (χ2v) is 7.04. The van der Waals surface area contributed by atoms with Gasteiger partial charge in [0, 0.05) is 23.9 Å². The van der Waals surface area contributed by atoms with Gasteiger partial charge in [0.15, 0.2) is 5.82 Å². The quantitative estimate of drug-likeness (QED) is 0.515. The van der Waals surface area contributed by atoms with Gasteiger partial charge in [0.2, 0.25) is 0 Å². The highest BCUT2D eigenvalue weighted by Gasteiger charge is 2.14. The molecule has 0 spiro atoms. The van der Waals surface area contributed by atoms with Gasteiger partial charge in [-0.25, -0.2) is 9.67 Å². The van der Waals surface area contributed by atoms with Crippen LogP contribution in [0, 0.1) is 6.92 Å². The van der Waals surface area contributed by atoms with Crippen molar-refractivity contribution in [2.75, 3.05) is 0 Å². The molecule has 6 heteroatoms. The molecular formula is C22H21N5O. The molecule has 0 aliphatic heterocycles. The van der Waals surface area contributed by atoms with Crippen LogP contribution in [0.25, 0.3) is 16.7 Å². The zero-order valence-corrected chi connectivity index (χ0v) is 15.9. The van der Waals surface area contributed by atoms with Gasteiger partial charge in [-0.1, -0.05) is 37.3 Å². The summed E-state index contributed by atoms with van der Waals surface area (Å²) < 4.78 is 1.71. The number of benzene rings is 1. The van der Waals surface area contributed by atoms with Crippen LogP contribution in [0.1, 0.15) is 36.2 Å². The summed E-state index contributed by atoms with van der Waals surface area (Å²) in [7, 11) is 0. The van der Waals surface area contributed by atoms with E-state index in [0.717, 1.165) is 22.3 Å². The van der Waals surface area contributed by atoms with Gasteiger partial charge in [-0.15, -0.1) is 0 Å². The van der Waals surface area contributed by atoms with E-state index in [1.807, 2.05) is 31.2 Å². The van der Waals surface area contributed by atoms with Crippen LogP contribution in [-0.2, 0) is 11.2 Å². The Hall–Kier alpha value is -3.41. The first-order valence-corrected chi connectivity index (χ1v) is 9.28. The van der Waals surface area contributed by atoms with E-state index < -0.39 is 0 Å². The summed E-state index contributed by atoms with van der Waals surface area (Å²) in [5.74, 6) is 1.02. The maximum Gasteiger partial charge on any atom is 0.172 e. The van der Waals surface area contributed by atoms with Gasteiger partial charge in [0.1, 0.15) is 5.78 Å². The van der Waals surface area contributed by atoms with Crippen LogP contribution in [0.3, 0.4) is 0 Å². The highest BCUT2D eigenvalue weighted by atomic mass is 16.1. The third kappa shape index (κ3) is 3.81. The van der Waals surface area contributed by atoms with Gasteiger partial charge < -0.3 is 0 Å². The molecule has 3 heterocycles. The number of rotatable bonds is 6. The number of aryl methyl sites for hydroxylation is 1. The predicted octanol–water partition coefficient (Wildman–Crippen LogP) is 3.82. The molecule has 0 aliphatic carbocycles. The van der Waals surface area contributed by atoms with E-state index in [4.69, 9.17) is 0 Å². The number of nitrogens with zero attached hydrogens (tertiary/aromatic N) is 5. The summed E-state index contributed by atoms with van der Waals surface area (Å²) in [4.78, 5) is 25.6. The largest absolute Gasteiger partial charge is 0.299 e. The lowest BCUT2D eigenvalue weighted by molar-refractivity contribution is -0.118. The van der Waals surface area contributed by atoms with Gasteiger partial charge in [-0.2, -0.15) is 5.10 Å². The zero-order chi connectivity index (χ0) is 19.5. The van der Waals surface area contributed by atoms with Crippen LogP contribution < -0.4 is 0 Å². The molecule has 1 atom stereocenters. The first-order chi connectivity index (χ1) is 13.6. The third-order valence-electron chi connectivity index (χ3n) is 4.78. The molecule has 140 valence electrons. The van der Waals surface area contributed by atoms with Crippen molar-refractivity contribution in [1.29, 1.82) is 0 Å². The second-order valence-electron chi connectivity index (χ2n) is 7.04. The molecule has 0 bridgehead atoms. The van der Waals surface area contributed by atoms with Crippen molar-refractivity contribution in [2.24, 2.45) is 0 Å². The highest BCUT2D eigenvalue weighted by Crippen LogP contribution is 2.21. The van der Waals surface area contributed by atoms with Crippen LogP contribution in [0.15, 0.2) is 61.2 Å². The minimum atomic E-state index is 0.181. The van der Waals surface area contributed by atoms with E-state index in [0.29, 0.717) is 18.7 Å². The molecule has 4 aromatic rings. The van der Waals surface area contributed by atoms with Crippen molar-refractivity contribution in [1.82, 2.24) is 24.7 Å². The SMILES string of the molecule is Cc1cnc(-n2ncc3cc(CC(=O)C[C@H](C)c4ccccc4)ncc32)cn1. The number of pyridine rings is 1. The lowest BCUT2D eigenvalue weighted by atomic mass is 9.94. The fourth-order valence-corrected chi connectivity index (χ4v) is 3.26. The predicted molar refractivity (Wildman–Crippen MR) is 107 cm³/mol. The van der Waals surface area contributed by atoms with E-state index in [2.05, 4.69) is 39.1 Å². The molecular weight excluding hydrogens is 350 g/mol. The summed E-state index contributed by atoms with van der Waals surface area (Å²) in [6, 6.07) is 12.0. The normalized spacial score (nSPS) is 12.2. The lowest BCUT2D eigenvalue weighted by Gasteiger charge is -2.10. The zero-order valence-electron chi connectivity index (χ0n) is 15.9. The summed E-state index contributed by atoms with van der Waals surface area (Å²) in [5.41, 5.74) is 3.63. The average molecular weight is 371 g/mol. The molecule has 1 aromatic carbocycles. The van der Waals surface area contributed by atoms with Crippen LogP contribution in [0.4, 0.5) is 0 Å². The van der Waals surface area contributed by atoms with Gasteiger partial charge in [-0.05, 0) is 24.5 Å². The molecule has 0 N–H and O–H groups in total. The fraction of sp³-hybridized carbons (Fsp3) is 0.227. The number of hydrogen-bond acceptors (Lipinski definition) is 5. The van der Waals surface area contributed by atoms with E-state index in [1.165, 1.54) is 5.56 Å². The topological polar surface area (TPSA) is 73.6 Å². The maximum absolute atomic E-state index is 12.5. The number of carbonyl (C=O) groups excluding carboxylic acids is 1. The van der Waals surface area contributed by atoms with Gasteiger partial charge in [0.25, 0.3) is 0 Å². The molecule has 0 aliphatic rings. The Balaban J connectivity index is 1.49. The van der Waals surface area contributed by atoms with Crippen LogP contribution >= 0.6 is 0 Å². The molecule has 4 rings (SSSR count). The molecule has 6 nitrogen and oxygen atoms in total. The maximum atomic E-state index is 12.5. The van der Waals surface area contributed by atoms with Gasteiger partial charge >= 0.3 is 0 Å². The number of aromatic nitrogens is 5. The van der Waals surface area contributed by atoms with E-state index in [-0.39, 0.29) is 11.7 Å². The van der Waals surface area contributed by atoms with Crippen molar-refractivity contribution in [2.45, 2.75) is 32.6 Å². The lowest BCUT2D eigenvalue weighted by Crippen LogP contribution is -2.08. The van der Waals surface area contributed by atoms with Gasteiger partial charge in [0.05, 0.1) is 36.0 Å². The number of hydrogen-bond donors (Lipinski definition) is 0. The van der Waals surface area contributed by atoms with Crippen molar-refractivity contribution in [3.05, 3.63) is 78.1 Å². The standard InChI is InChI=1S/C22H21N5O/c1-15(17-6-4-3-5-7-17)8-20(28)10-19-9-18-12-26-27(21(18)13-24-19)22-14-23-16(2)11-25-22/h3-7,9,11-15H,8,10H2,1-2H3/t15-/m0/s1. The Bertz CT molecular complexity index is 1100. The molecule has 28 heavy (non-hydrogen) atoms. The summed E-state index contributed by atoms with van der Waals surface area (Å²) in [6.07, 6.45) is 7.72. The summed E-state index contributed by atoms with van der Waals surface area (Å²) in [6.45, 7) is 3.97. The Kier molecular flexibility index (Phi) is 4.93. The Morgan fingerprint density at radius 3 is 2.61 bits per heavy atom. The van der Waals surface area contributed by atoms with Crippen LogP contribution in [-0.4, -0.2) is 30.5 Å². The molecule has 0 saturated carbocycles. The number of fused-ring (bicyclic) bond motifs is 1. The first kappa shape index (κ1) is 18.0. The number of ketones is 1. The molecule has 0 unspecified atom stereocenters. The molecule has 0 radical (unpaired) electrons. The van der Waals surface area contributed by atoms with Crippen molar-refractivity contribution in [3.8, 4) is 5.82 Å². The van der Waals surface area contributed by atoms with Crippen LogP contribution in [0.5, 0.6) is 0 Å². The van der Waals surface area contributed by atoms with Crippen molar-refractivity contribution in [3.63, 3.8) is 0 Å². The van der Waals surface area contributed by atoms with E-state index in [1.54, 1.807) is 29.5 Å². The monoisotopic (exact) mass is 371 g/mol. The summed E-state index contributed by atoms with van der Waals surface area (Å²) >= 11 is 0.